The van der Waals surface area contributed by atoms with Gasteiger partial charge in [-0.3, -0.25) is 4.79 Å². The first-order valence-corrected chi connectivity index (χ1v) is 14.6. The summed E-state index contributed by atoms with van der Waals surface area (Å²) in [6.07, 6.45) is 12.7. The van der Waals surface area contributed by atoms with E-state index in [0.717, 1.165) is 32.1 Å². The zero-order chi connectivity index (χ0) is 26.2. The fourth-order valence-electron chi connectivity index (χ4n) is 10.9. The van der Waals surface area contributed by atoms with Crippen molar-refractivity contribution in [3.05, 3.63) is 11.6 Å². The molecule has 4 aliphatic rings. The Bertz CT molecular complexity index is 881. The largest absolute Gasteiger partial charge is 0.390 e. The van der Waals surface area contributed by atoms with Crippen molar-refractivity contribution in [1.82, 2.24) is 0 Å². The Hall–Kier alpha value is -0.670. The van der Waals surface area contributed by atoms with E-state index in [9.17, 15) is 15.0 Å². The zero-order valence-corrected chi connectivity index (χ0v) is 24.3. The number of aliphatic hydroxyl groups is 2. The molecule has 4 saturated carbocycles. The lowest BCUT2D eigenvalue weighted by atomic mass is 9.34. The molecule has 0 aliphatic heterocycles. The van der Waals surface area contributed by atoms with Gasteiger partial charge in [0.2, 0.25) is 0 Å². The number of hydrogen-bond acceptors (Lipinski definition) is 3. The molecule has 0 aromatic carbocycles. The van der Waals surface area contributed by atoms with E-state index in [1.165, 1.54) is 31.3 Å². The van der Waals surface area contributed by atoms with Crippen LogP contribution in [0.3, 0.4) is 0 Å². The average Bonchev–Trinajstić information content (AvgIpc) is 3.10. The molecule has 4 aliphatic carbocycles. The molecule has 0 radical (unpaired) electrons. The van der Waals surface area contributed by atoms with Gasteiger partial charge in [-0.1, -0.05) is 46.3 Å². The van der Waals surface area contributed by atoms with Crippen LogP contribution in [-0.2, 0) is 4.79 Å². The number of Topliss-reactive ketones (excluding diaryl/α,β-unsaturated/α-hetero) is 1. The monoisotopic (exact) mass is 486 g/mol. The van der Waals surface area contributed by atoms with E-state index in [4.69, 9.17) is 0 Å². The molecule has 3 heteroatoms. The summed E-state index contributed by atoms with van der Waals surface area (Å²) in [5.41, 5.74) is -0.241. The zero-order valence-electron chi connectivity index (χ0n) is 24.3. The van der Waals surface area contributed by atoms with Gasteiger partial charge in [0.15, 0.2) is 5.78 Å². The van der Waals surface area contributed by atoms with Crippen LogP contribution in [-0.4, -0.2) is 27.2 Å². The Labute approximate surface area is 215 Å². The first-order chi connectivity index (χ1) is 16.0. The molecule has 1 unspecified atom stereocenters. The molecule has 4 rings (SSSR count). The first kappa shape index (κ1) is 27.4. The topological polar surface area (TPSA) is 57.5 Å². The summed E-state index contributed by atoms with van der Waals surface area (Å²) in [5, 5.41) is 23.2. The Kier molecular flexibility index (Phi) is 6.58. The van der Waals surface area contributed by atoms with Crippen molar-refractivity contribution in [1.29, 1.82) is 0 Å². The average molecular weight is 487 g/mol. The van der Waals surface area contributed by atoms with Crippen LogP contribution in [0.1, 0.15) is 127 Å². The van der Waals surface area contributed by atoms with E-state index in [-0.39, 0.29) is 22.0 Å². The molecule has 3 nitrogen and oxygen atoms in total. The van der Waals surface area contributed by atoms with Gasteiger partial charge in [0, 0.05) is 5.41 Å². The van der Waals surface area contributed by atoms with Crippen LogP contribution in [0.5, 0.6) is 0 Å². The predicted octanol–water partition coefficient (Wildman–Crippen LogP) is 7.49. The predicted molar refractivity (Wildman–Crippen MR) is 144 cm³/mol. The van der Waals surface area contributed by atoms with Crippen LogP contribution in [0, 0.1) is 45.3 Å². The molecule has 0 aromatic rings. The van der Waals surface area contributed by atoms with Crippen molar-refractivity contribution in [2.75, 3.05) is 0 Å². The second-order valence-electron chi connectivity index (χ2n) is 15.1. The van der Waals surface area contributed by atoms with Crippen LogP contribution in [0.15, 0.2) is 11.6 Å². The third kappa shape index (κ3) is 3.68. The van der Waals surface area contributed by atoms with Crippen LogP contribution in [0.25, 0.3) is 0 Å². The normalized spacial score (nSPS) is 48.2. The van der Waals surface area contributed by atoms with Crippen molar-refractivity contribution in [3.8, 4) is 0 Å². The van der Waals surface area contributed by atoms with E-state index in [1.807, 2.05) is 0 Å². The Balaban J connectivity index is 1.63. The molecule has 4 fully saturated rings. The van der Waals surface area contributed by atoms with Gasteiger partial charge in [-0.15, -0.1) is 0 Å². The molecule has 0 saturated heterocycles. The molecule has 35 heavy (non-hydrogen) atoms. The van der Waals surface area contributed by atoms with Crippen LogP contribution < -0.4 is 0 Å². The highest BCUT2D eigenvalue weighted by atomic mass is 16.3. The third-order valence-corrected chi connectivity index (χ3v) is 13.2. The van der Waals surface area contributed by atoms with Gasteiger partial charge in [0.05, 0.1) is 5.60 Å². The number of fused-ring (bicyclic) bond motifs is 5. The number of carbonyl (C=O) groups excluding carboxylic acids is 1. The minimum Gasteiger partial charge on any atom is -0.390 e. The smallest absolute Gasteiger partial charge is 0.161 e. The molecule has 0 amide bonds. The lowest BCUT2D eigenvalue weighted by Crippen LogP contribution is -2.68. The lowest BCUT2D eigenvalue weighted by molar-refractivity contribution is -0.244. The summed E-state index contributed by atoms with van der Waals surface area (Å²) in [6.45, 7) is 20.0. The van der Waals surface area contributed by atoms with Gasteiger partial charge >= 0.3 is 0 Å². The molecule has 0 bridgehead atoms. The summed E-state index contributed by atoms with van der Waals surface area (Å²) in [5.74, 6) is 1.88. The van der Waals surface area contributed by atoms with Crippen molar-refractivity contribution >= 4 is 5.78 Å². The second kappa shape index (κ2) is 8.42. The highest BCUT2D eigenvalue weighted by Gasteiger charge is 2.71. The molecule has 9 atom stereocenters. The number of allylic oxidation sites excluding steroid dienone is 2. The molecular formula is C32H54O3. The maximum Gasteiger partial charge on any atom is 0.161 e. The lowest BCUT2D eigenvalue weighted by Gasteiger charge is -2.71. The van der Waals surface area contributed by atoms with E-state index >= 15 is 0 Å². The Morgan fingerprint density at radius 3 is 2.11 bits per heavy atom. The number of carbonyl (C=O) groups is 1. The fourth-order valence-corrected chi connectivity index (χ4v) is 10.9. The first-order valence-electron chi connectivity index (χ1n) is 14.6. The Morgan fingerprint density at radius 1 is 0.886 bits per heavy atom. The van der Waals surface area contributed by atoms with Gasteiger partial charge in [0.25, 0.3) is 0 Å². The van der Waals surface area contributed by atoms with Gasteiger partial charge in [-0.2, -0.15) is 0 Å². The van der Waals surface area contributed by atoms with E-state index in [2.05, 4.69) is 61.5 Å². The second-order valence-corrected chi connectivity index (χ2v) is 15.1. The summed E-state index contributed by atoms with van der Waals surface area (Å²) < 4.78 is 0. The molecule has 0 heterocycles. The van der Waals surface area contributed by atoms with Gasteiger partial charge in [-0.05, 0) is 132 Å². The van der Waals surface area contributed by atoms with Crippen LogP contribution in [0.2, 0.25) is 0 Å². The third-order valence-electron chi connectivity index (χ3n) is 13.2. The van der Waals surface area contributed by atoms with Crippen molar-refractivity contribution in [2.24, 2.45) is 45.3 Å². The standard InChI is InChI=1S/C32H54O3/c1-21(2)11-10-16-31(9,34)24-14-17-29(7)23(24)12-13-26-28(6)19-20-32(35,22(3)33)27(4,5)25(28)15-18-30(26,29)8/h11,23-26,34-35H,10,12-20H2,1-9H3/t23-,24+,25?,26-,28+,29+,30-,31+,32-/m1/s1. The summed E-state index contributed by atoms with van der Waals surface area (Å²) in [7, 11) is 0. The molecule has 0 spiro atoms. The highest BCUT2D eigenvalue weighted by molar-refractivity contribution is 5.86. The fraction of sp³-hybridized carbons (Fsp3) is 0.906. The van der Waals surface area contributed by atoms with Crippen LogP contribution >= 0.6 is 0 Å². The minimum atomic E-state index is -1.20. The maximum absolute atomic E-state index is 12.6. The summed E-state index contributed by atoms with van der Waals surface area (Å²) >= 11 is 0. The van der Waals surface area contributed by atoms with Crippen molar-refractivity contribution in [3.63, 3.8) is 0 Å². The van der Waals surface area contributed by atoms with Crippen molar-refractivity contribution < 1.29 is 15.0 Å². The van der Waals surface area contributed by atoms with Crippen LogP contribution in [0.4, 0.5) is 0 Å². The Morgan fingerprint density at radius 2 is 1.51 bits per heavy atom. The maximum atomic E-state index is 12.6. The SMILES string of the molecule is CC(=O)[C@]1(O)CC[C@@]2(C)C(CC[C@]3(C)[C@@H]2CC[C@@H]2[C@@H]([C@@](C)(O)CCC=C(C)C)CC[C@@]23C)C1(C)C. The number of hydrogen-bond donors (Lipinski definition) is 2. The molecule has 200 valence electrons. The molecule has 2 N–H and O–H groups in total. The minimum absolute atomic E-state index is 0.0532. The van der Waals surface area contributed by atoms with E-state index in [1.54, 1.807) is 6.92 Å². The summed E-state index contributed by atoms with van der Waals surface area (Å²) in [6, 6.07) is 0. The summed E-state index contributed by atoms with van der Waals surface area (Å²) in [4.78, 5) is 12.6. The number of ketones is 1. The van der Waals surface area contributed by atoms with Crippen molar-refractivity contribution in [2.45, 2.75) is 138 Å². The van der Waals surface area contributed by atoms with Gasteiger partial charge in [-0.25, -0.2) is 0 Å². The van der Waals surface area contributed by atoms with E-state index in [0.29, 0.717) is 30.1 Å². The quantitative estimate of drug-likeness (QED) is 0.396. The van der Waals surface area contributed by atoms with Gasteiger partial charge in [0.1, 0.15) is 5.60 Å². The van der Waals surface area contributed by atoms with E-state index < -0.39 is 16.6 Å². The van der Waals surface area contributed by atoms with Gasteiger partial charge < -0.3 is 10.2 Å². The highest BCUT2D eigenvalue weighted by Crippen LogP contribution is 2.76. The molecular weight excluding hydrogens is 432 g/mol. The number of rotatable bonds is 5. The molecule has 0 aromatic heterocycles.